The third kappa shape index (κ3) is 7.12. The van der Waals surface area contributed by atoms with Gasteiger partial charge < -0.3 is 9.64 Å². The minimum atomic E-state index is -2.82. The van der Waals surface area contributed by atoms with E-state index in [1.807, 2.05) is 13.0 Å². The van der Waals surface area contributed by atoms with Gasteiger partial charge in [0.2, 0.25) is 0 Å². The summed E-state index contributed by atoms with van der Waals surface area (Å²) in [5.74, 6) is 0.917. The highest BCUT2D eigenvalue weighted by Crippen LogP contribution is 2.29. The predicted octanol–water partition coefficient (Wildman–Crippen LogP) is 5.04. The summed E-state index contributed by atoms with van der Waals surface area (Å²) in [4.78, 5) is 3.74. The van der Waals surface area contributed by atoms with E-state index in [1.165, 1.54) is 44.8 Å². The Hall–Kier alpha value is -0.850. The van der Waals surface area contributed by atoms with E-state index in [9.17, 15) is 8.78 Å². The van der Waals surface area contributed by atoms with Crippen molar-refractivity contribution < 1.29 is 13.5 Å². The molecule has 1 unspecified atom stereocenters. The number of ether oxygens (including phenoxy) is 1. The van der Waals surface area contributed by atoms with E-state index in [4.69, 9.17) is 0 Å². The van der Waals surface area contributed by atoms with Crippen molar-refractivity contribution >= 4 is 11.9 Å². The molecule has 0 aromatic carbocycles. The van der Waals surface area contributed by atoms with Crippen LogP contribution >= 0.6 is 11.9 Å². The third-order valence-corrected chi connectivity index (χ3v) is 5.86. The molecule has 2 heterocycles. The molecule has 0 radical (unpaired) electrons. The Labute approximate surface area is 154 Å². The highest BCUT2D eigenvalue weighted by Gasteiger charge is 2.27. The molecule has 25 heavy (non-hydrogen) atoms. The lowest BCUT2D eigenvalue weighted by molar-refractivity contribution is -0.0919. The molecule has 0 saturated carbocycles. The Morgan fingerprint density at radius 1 is 1.20 bits per heavy atom. The number of halogens is 2. The molecule has 3 nitrogen and oxygen atoms in total. The van der Waals surface area contributed by atoms with Crippen LogP contribution in [0.2, 0.25) is 0 Å². The van der Waals surface area contributed by atoms with Crippen molar-refractivity contribution in [1.82, 2.24) is 9.21 Å². The second kappa shape index (κ2) is 10.3. The Kier molecular flexibility index (Phi) is 8.46. The molecular weight excluding hydrogens is 342 g/mol. The van der Waals surface area contributed by atoms with Crippen molar-refractivity contribution in [2.45, 2.75) is 52.2 Å². The van der Waals surface area contributed by atoms with E-state index in [0.717, 1.165) is 30.0 Å². The summed E-state index contributed by atoms with van der Waals surface area (Å²) in [6.45, 7) is 9.64. The fourth-order valence-corrected chi connectivity index (χ4v) is 4.48. The largest absolute Gasteiger partial charge is 0.435 e. The highest BCUT2D eigenvalue weighted by atomic mass is 32.2. The Morgan fingerprint density at radius 2 is 1.92 bits per heavy atom. The minimum Gasteiger partial charge on any atom is -0.435 e. The number of piperidine rings is 2. The monoisotopic (exact) mass is 372 g/mol. The molecule has 2 rings (SSSR count). The minimum absolute atomic E-state index is 0.0906. The van der Waals surface area contributed by atoms with Crippen molar-refractivity contribution in [2.24, 2.45) is 5.92 Å². The molecule has 2 aliphatic rings. The molecule has 2 saturated heterocycles. The molecule has 0 aromatic rings. The van der Waals surface area contributed by atoms with Crippen molar-refractivity contribution in [3.05, 3.63) is 35.5 Å². The zero-order valence-electron chi connectivity index (χ0n) is 15.3. The van der Waals surface area contributed by atoms with E-state index in [2.05, 4.69) is 27.4 Å². The number of allylic oxidation sites excluding steroid dienone is 4. The molecule has 0 aromatic heterocycles. The maximum Gasteiger partial charge on any atom is 0.387 e. The summed E-state index contributed by atoms with van der Waals surface area (Å²) in [5.41, 5.74) is 0. The van der Waals surface area contributed by atoms with E-state index >= 15 is 0 Å². The van der Waals surface area contributed by atoms with Gasteiger partial charge in [-0.3, -0.25) is 0 Å². The molecule has 6 heteroatoms. The number of likely N-dealkylation sites (tertiary alicyclic amines) is 1. The van der Waals surface area contributed by atoms with Crippen LogP contribution < -0.4 is 0 Å². The SMILES string of the molecule is C=C/C(=C\C=C(/C)SN1CCC(N2CCCC(C)C2)CC1)OC(F)F. The standard InChI is InChI=1S/C19H30F2N2OS/c1-4-18(24-19(20)21)8-7-16(3)25-23-12-9-17(10-13-23)22-11-5-6-15(2)14-22/h4,7-8,15,17,19H,1,5-6,9-14H2,2-3H3/b16-7+,18-8+. The molecule has 0 aliphatic carbocycles. The zero-order chi connectivity index (χ0) is 18.2. The van der Waals surface area contributed by atoms with E-state index in [1.54, 1.807) is 18.0 Å². The van der Waals surface area contributed by atoms with Gasteiger partial charge in [0.15, 0.2) is 0 Å². The van der Waals surface area contributed by atoms with E-state index in [-0.39, 0.29) is 5.76 Å². The average molecular weight is 373 g/mol. The molecule has 0 amide bonds. The van der Waals surface area contributed by atoms with Crippen LogP contribution in [0.15, 0.2) is 35.5 Å². The van der Waals surface area contributed by atoms with E-state index < -0.39 is 6.61 Å². The lowest BCUT2D eigenvalue weighted by Crippen LogP contribution is -2.46. The average Bonchev–Trinajstić information content (AvgIpc) is 2.59. The van der Waals surface area contributed by atoms with Gasteiger partial charge in [0, 0.05) is 25.7 Å². The second-order valence-electron chi connectivity index (χ2n) is 6.92. The smallest absolute Gasteiger partial charge is 0.387 e. The van der Waals surface area contributed by atoms with Crippen LogP contribution in [0.4, 0.5) is 8.78 Å². The molecule has 142 valence electrons. The Balaban J connectivity index is 1.77. The number of alkyl halides is 2. The first-order chi connectivity index (χ1) is 12.0. The van der Waals surface area contributed by atoms with Crippen LogP contribution in [0.3, 0.4) is 0 Å². The van der Waals surface area contributed by atoms with Gasteiger partial charge in [-0.15, -0.1) is 0 Å². The Bertz CT molecular complexity index is 488. The molecule has 0 spiro atoms. The first kappa shape index (κ1) is 20.5. The quantitative estimate of drug-likeness (QED) is 0.353. The van der Waals surface area contributed by atoms with Crippen molar-refractivity contribution in [2.75, 3.05) is 26.2 Å². The molecular formula is C19H30F2N2OS. The van der Waals surface area contributed by atoms with Crippen LogP contribution in [0.1, 0.15) is 39.5 Å². The number of hydrogen-bond donors (Lipinski definition) is 0. The maximum absolute atomic E-state index is 12.2. The summed E-state index contributed by atoms with van der Waals surface area (Å²) >= 11 is 1.70. The zero-order valence-corrected chi connectivity index (χ0v) is 16.1. The van der Waals surface area contributed by atoms with Gasteiger partial charge in [0.25, 0.3) is 0 Å². The maximum atomic E-state index is 12.2. The number of hydrogen-bond acceptors (Lipinski definition) is 4. The van der Waals surface area contributed by atoms with Crippen molar-refractivity contribution in [3.8, 4) is 0 Å². The van der Waals surface area contributed by atoms with Gasteiger partial charge >= 0.3 is 6.61 Å². The molecule has 0 bridgehead atoms. The van der Waals surface area contributed by atoms with Crippen molar-refractivity contribution in [1.29, 1.82) is 0 Å². The van der Waals surface area contributed by atoms with Crippen LogP contribution in [-0.2, 0) is 4.74 Å². The van der Waals surface area contributed by atoms with Gasteiger partial charge in [-0.2, -0.15) is 8.78 Å². The first-order valence-corrected chi connectivity index (χ1v) is 9.88. The topological polar surface area (TPSA) is 15.7 Å². The molecule has 0 N–H and O–H groups in total. The van der Waals surface area contributed by atoms with Crippen LogP contribution in [0.5, 0.6) is 0 Å². The lowest BCUT2D eigenvalue weighted by Gasteiger charge is -2.41. The van der Waals surface area contributed by atoms with Gasteiger partial charge in [-0.1, -0.05) is 13.5 Å². The van der Waals surface area contributed by atoms with Gasteiger partial charge in [-0.25, -0.2) is 4.31 Å². The number of rotatable bonds is 7. The van der Waals surface area contributed by atoms with Gasteiger partial charge in [0.05, 0.1) is 0 Å². The molecule has 2 aliphatic heterocycles. The highest BCUT2D eigenvalue weighted by molar-refractivity contribution is 8.00. The molecule has 1 atom stereocenters. The Morgan fingerprint density at radius 3 is 2.52 bits per heavy atom. The summed E-state index contributed by atoms with van der Waals surface area (Å²) in [6.07, 6.45) is 9.75. The number of nitrogens with zero attached hydrogens (tertiary/aromatic N) is 2. The summed E-state index contributed by atoms with van der Waals surface area (Å²) in [5, 5.41) is 0. The second-order valence-corrected chi connectivity index (χ2v) is 8.27. The normalized spacial score (nSPS) is 25.4. The fraction of sp³-hybridized carbons (Fsp3) is 0.684. The van der Waals surface area contributed by atoms with E-state index in [0.29, 0.717) is 0 Å². The summed E-state index contributed by atoms with van der Waals surface area (Å²) < 4.78 is 31.2. The van der Waals surface area contributed by atoms with Crippen LogP contribution in [-0.4, -0.2) is 48.0 Å². The predicted molar refractivity (Wildman–Crippen MR) is 101 cm³/mol. The summed E-state index contributed by atoms with van der Waals surface area (Å²) in [6, 6.07) is 0.718. The van der Waals surface area contributed by atoms with Crippen LogP contribution in [0.25, 0.3) is 0 Å². The fourth-order valence-electron chi connectivity index (χ4n) is 3.55. The lowest BCUT2D eigenvalue weighted by atomic mass is 9.96. The third-order valence-electron chi connectivity index (χ3n) is 4.81. The van der Waals surface area contributed by atoms with Gasteiger partial charge in [0.1, 0.15) is 5.76 Å². The van der Waals surface area contributed by atoms with Crippen LogP contribution in [0, 0.1) is 5.92 Å². The van der Waals surface area contributed by atoms with Crippen molar-refractivity contribution in [3.63, 3.8) is 0 Å². The first-order valence-electron chi connectivity index (χ1n) is 9.10. The van der Waals surface area contributed by atoms with Gasteiger partial charge in [-0.05, 0) is 80.2 Å². The molecule has 2 fully saturated rings. The summed E-state index contributed by atoms with van der Waals surface area (Å²) in [7, 11) is 0.